The minimum atomic E-state index is -0.869. The van der Waals surface area contributed by atoms with Crippen LogP contribution in [0, 0.1) is 5.92 Å². The maximum atomic E-state index is 11.9. The normalized spacial score (nSPS) is 20.6. The van der Waals surface area contributed by atoms with Gasteiger partial charge in [0.05, 0.1) is 0 Å². The van der Waals surface area contributed by atoms with E-state index in [9.17, 15) is 14.4 Å². The molecule has 1 fully saturated rings. The summed E-state index contributed by atoms with van der Waals surface area (Å²) in [5.41, 5.74) is 0. The Balaban J connectivity index is 2.45. The first-order chi connectivity index (χ1) is 8.95. The van der Waals surface area contributed by atoms with Gasteiger partial charge in [-0.25, -0.2) is 4.79 Å². The highest BCUT2D eigenvalue weighted by atomic mass is 16.4. The van der Waals surface area contributed by atoms with Crippen LogP contribution in [-0.4, -0.2) is 53.6 Å². The molecule has 108 valence electrons. The highest BCUT2D eigenvalue weighted by Crippen LogP contribution is 2.08. The zero-order chi connectivity index (χ0) is 14.4. The Bertz CT molecular complexity index is 359. The SMILES string of the molecule is CCC(CNC(=O)N1CCNC(=O)C1C)CC(=O)O. The summed E-state index contributed by atoms with van der Waals surface area (Å²) >= 11 is 0. The fraction of sp³-hybridized carbons (Fsp3) is 0.750. The van der Waals surface area contributed by atoms with E-state index in [1.165, 1.54) is 4.90 Å². The van der Waals surface area contributed by atoms with Gasteiger partial charge in [-0.3, -0.25) is 9.59 Å². The van der Waals surface area contributed by atoms with Gasteiger partial charge in [0.25, 0.3) is 0 Å². The van der Waals surface area contributed by atoms with Gasteiger partial charge in [-0.05, 0) is 12.8 Å². The van der Waals surface area contributed by atoms with Crippen molar-refractivity contribution in [3.8, 4) is 0 Å². The van der Waals surface area contributed by atoms with Crippen LogP contribution < -0.4 is 10.6 Å². The molecule has 1 saturated heterocycles. The van der Waals surface area contributed by atoms with Crippen LogP contribution in [0.5, 0.6) is 0 Å². The lowest BCUT2D eigenvalue weighted by molar-refractivity contribution is -0.138. The standard InChI is InChI=1S/C12H21N3O4/c1-3-9(6-10(16)17)7-14-12(19)15-5-4-13-11(18)8(15)2/h8-9H,3-7H2,1-2H3,(H,13,18)(H,14,19)(H,16,17). The summed E-state index contributed by atoms with van der Waals surface area (Å²) in [5, 5.41) is 14.1. The van der Waals surface area contributed by atoms with Gasteiger partial charge in [0.1, 0.15) is 6.04 Å². The van der Waals surface area contributed by atoms with Crippen LogP contribution in [0.4, 0.5) is 4.79 Å². The van der Waals surface area contributed by atoms with Gasteiger partial charge in [0, 0.05) is 26.1 Å². The molecule has 7 nitrogen and oxygen atoms in total. The number of carboxylic acid groups (broad SMARTS) is 1. The molecule has 1 heterocycles. The lowest BCUT2D eigenvalue weighted by Crippen LogP contribution is -2.58. The highest BCUT2D eigenvalue weighted by molar-refractivity contribution is 5.87. The molecule has 0 aromatic rings. The lowest BCUT2D eigenvalue weighted by Gasteiger charge is -2.33. The number of nitrogens with zero attached hydrogens (tertiary/aromatic N) is 1. The average Bonchev–Trinajstić information content (AvgIpc) is 2.37. The van der Waals surface area contributed by atoms with E-state index in [1.807, 2.05) is 6.92 Å². The van der Waals surface area contributed by atoms with Gasteiger partial charge in [-0.2, -0.15) is 0 Å². The molecule has 0 aliphatic carbocycles. The van der Waals surface area contributed by atoms with E-state index in [1.54, 1.807) is 6.92 Å². The average molecular weight is 271 g/mol. The van der Waals surface area contributed by atoms with Crippen LogP contribution in [-0.2, 0) is 9.59 Å². The molecule has 19 heavy (non-hydrogen) atoms. The van der Waals surface area contributed by atoms with E-state index in [0.29, 0.717) is 26.1 Å². The monoisotopic (exact) mass is 271 g/mol. The molecule has 3 N–H and O–H groups in total. The van der Waals surface area contributed by atoms with Crippen molar-refractivity contribution in [2.75, 3.05) is 19.6 Å². The Morgan fingerprint density at radius 1 is 1.58 bits per heavy atom. The number of amides is 3. The summed E-state index contributed by atoms with van der Waals surface area (Å²) in [4.78, 5) is 35.5. The van der Waals surface area contributed by atoms with Gasteiger partial charge >= 0.3 is 12.0 Å². The van der Waals surface area contributed by atoms with Crippen molar-refractivity contribution < 1.29 is 19.5 Å². The largest absolute Gasteiger partial charge is 0.481 e. The minimum absolute atomic E-state index is 0.0345. The molecule has 7 heteroatoms. The van der Waals surface area contributed by atoms with E-state index >= 15 is 0 Å². The molecule has 0 aromatic carbocycles. The fourth-order valence-corrected chi connectivity index (χ4v) is 2.00. The summed E-state index contributed by atoms with van der Waals surface area (Å²) in [6.45, 7) is 4.78. The number of nitrogens with one attached hydrogen (secondary N) is 2. The quantitative estimate of drug-likeness (QED) is 0.656. The van der Waals surface area contributed by atoms with Gasteiger partial charge < -0.3 is 20.6 Å². The van der Waals surface area contributed by atoms with Crippen molar-refractivity contribution in [1.82, 2.24) is 15.5 Å². The van der Waals surface area contributed by atoms with Gasteiger partial charge in [-0.1, -0.05) is 13.3 Å². The number of carboxylic acids is 1. The molecule has 0 radical (unpaired) electrons. The fourth-order valence-electron chi connectivity index (χ4n) is 2.00. The molecule has 1 aliphatic heterocycles. The molecular weight excluding hydrogens is 250 g/mol. The molecule has 1 rings (SSSR count). The maximum absolute atomic E-state index is 11.9. The summed E-state index contributed by atoms with van der Waals surface area (Å²) in [5.74, 6) is -1.12. The molecule has 0 bridgehead atoms. The first kappa shape index (κ1) is 15.3. The third-order valence-corrected chi connectivity index (χ3v) is 3.34. The first-order valence-electron chi connectivity index (χ1n) is 6.49. The summed E-state index contributed by atoms with van der Waals surface area (Å²) in [6, 6.07) is -0.806. The van der Waals surface area contributed by atoms with E-state index in [-0.39, 0.29) is 24.3 Å². The third-order valence-electron chi connectivity index (χ3n) is 3.34. The Labute approximate surface area is 112 Å². The molecule has 0 spiro atoms. The van der Waals surface area contributed by atoms with Gasteiger partial charge in [0.15, 0.2) is 0 Å². The van der Waals surface area contributed by atoms with Crippen LogP contribution in [0.2, 0.25) is 0 Å². The van der Waals surface area contributed by atoms with Crippen molar-refractivity contribution in [3.05, 3.63) is 0 Å². The van der Waals surface area contributed by atoms with Gasteiger partial charge in [0.2, 0.25) is 5.91 Å². The first-order valence-corrected chi connectivity index (χ1v) is 6.49. The van der Waals surface area contributed by atoms with Crippen LogP contribution in [0.1, 0.15) is 26.7 Å². The zero-order valence-corrected chi connectivity index (χ0v) is 11.3. The van der Waals surface area contributed by atoms with Crippen molar-refractivity contribution in [3.63, 3.8) is 0 Å². The Kier molecular flexibility index (Phi) is 5.59. The van der Waals surface area contributed by atoms with Crippen molar-refractivity contribution >= 4 is 17.9 Å². The van der Waals surface area contributed by atoms with Crippen LogP contribution in [0.3, 0.4) is 0 Å². The molecular formula is C12H21N3O4. The number of carbonyl (C=O) groups excluding carboxylic acids is 2. The number of carbonyl (C=O) groups is 3. The Morgan fingerprint density at radius 3 is 2.84 bits per heavy atom. The molecule has 2 atom stereocenters. The number of urea groups is 1. The number of hydrogen-bond donors (Lipinski definition) is 3. The number of hydrogen-bond acceptors (Lipinski definition) is 3. The smallest absolute Gasteiger partial charge is 0.318 e. The second kappa shape index (κ2) is 6.96. The van der Waals surface area contributed by atoms with Crippen molar-refractivity contribution in [2.24, 2.45) is 5.92 Å². The van der Waals surface area contributed by atoms with Gasteiger partial charge in [-0.15, -0.1) is 0 Å². The minimum Gasteiger partial charge on any atom is -0.481 e. The molecule has 0 aromatic heterocycles. The second-order valence-corrected chi connectivity index (χ2v) is 4.72. The van der Waals surface area contributed by atoms with E-state index in [2.05, 4.69) is 10.6 Å². The topological polar surface area (TPSA) is 98.7 Å². The summed E-state index contributed by atoms with van der Waals surface area (Å²) < 4.78 is 0. The Hall–Kier alpha value is -1.79. The van der Waals surface area contributed by atoms with Crippen LogP contribution >= 0.6 is 0 Å². The highest BCUT2D eigenvalue weighted by Gasteiger charge is 2.29. The van der Waals surface area contributed by atoms with Crippen LogP contribution in [0.25, 0.3) is 0 Å². The predicted octanol–water partition coefficient (Wildman–Crippen LogP) is 0.0172. The zero-order valence-electron chi connectivity index (χ0n) is 11.3. The van der Waals surface area contributed by atoms with E-state index < -0.39 is 12.0 Å². The third kappa shape index (κ3) is 4.42. The molecule has 0 saturated carbocycles. The van der Waals surface area contributed by atoms with E-state index in [0.717, 1.165) is 0 Å². The summed E-state index contributed by atoms with van der Waals surface area (Å²) in [6.07, 6.45) is 0.718. The number of aliphatic carboxylic acids is 1. The second-order valence-electron chi connectivity index (χ2n) is 4.72. The van der Waals surface area contributed by atoms with Crippen molar-refractivity contribution in [1.29, 1.82) is 0 Å². The lowest BCUT2D eigenvalue weighted by atomic mass is 10.0. The van der Waals surface area contributed by atoms with Crippen LogP contribution in [0.15, 0.2) is 0 Å². The summed E-state index contributed by atoms with van der Waals surface area (Å²) in [7, 11) is 0. The predicted molar refractivity (Wildman–Crippen MR) is 68.6 cm³/mol. The molecule has 3 amide bonds. The molecule has 2 unspecified atom stereocenters. The van der Waals surface area contributed by atoms with Crippen molar-refractivity contribution in [2.45, 2.75) is 32.7 Å². The number of rotatable bonds is 5. The Morgan fingerprint density at radius 2 is 2.26 bits per heavy atom. The molecule has 1 aliphatic rings. The van der Waals surface area contributed by atoms with E-state index in [4.69, 9.17) is 5.11 Å². The maximum Gasteiger partial charge on any atom is 0.318 e. The number of piperazine rings is 1.